The molecule has 2 aliphatic rings. The number of methoxy groups -OCH3 is 2. The average molecular weight is 476 g/mol. The zero-order valence-corrected chi connectivity index (χ0v) is 17.6. The Bertz CT molecular complexity index is 738. The molecule has 136 valence electrons. The van der Waals surface area contributed by atoms with Crippen LogP contribution in [0.5, 0.6) is 11.5 Å². The molecule has 8 heteroatoms. The Kier molecular flexibility index (Phi) is 5.29. The van der Waals surface area contributed by atoms with Gasteiger partial charge in [-0.2, -0.15) is 0 Å². The van der Waals surface area contributed by atoms with Crippen LogP contribution in [0, 0.1) is 0 Å². The van der Waals surface area contributed by atoms with E-state index in [2.05, 4.69) is 31.9 Å². The molecule has 25 heavy (non-hydrogen) atoms. The van der Waals surface area contributed by atoms with E-state index in [1.165, 1.54) is 0 Å². The van der Waals surface area contributed by atoms with Gasteiger partial charge in [-0.1, -0.05) is 6.92 Å². The zero-order chi connectivity index (χ0) is 18.3. The van der Waals surface area contributed by atoms with Crippen LogP contribution < -0.4 is 9.47 Å². The summed E-state index contributed by atoms with van der Waals surface area (Å²) >= 11 is 7.06. The Morgan fingerprint density at radius 1 is 1.04 bits per heavy atom. The van der Waals surface area contributed by atoms with Gasteiger partial charge in [-0.15, -0.1) is 0 Å². The first-order valence-corrected chi connectivity index (χ1v) is 9.72. The molecule has 6 nitrogen and oxygen atoms in total. The molecule has 0 aliphatic carbocycles. The maximum atomic E-state index is 12.8. The van der Waals surface area contributed by atoms with Gasteiger partial charge in [0.25, 0.3) is 0 Å². The van der Waals surface area contributed by atoms with Gasteiger partial charge in [0.2, 0.25) is 11.8 Å². The molecular formula is C17H20Br2N2O4. The normalized spacial score (nSPS) is 19.6. The van der Waals surface area contributed by atoms with Crippen LogP contribution in [0.1, 0.15) is 24.5 Å². The minimum absolute atomic E-state index is 0.00663. The molecule has 1 atom stereocenters. The first kappa shape index (κ1) is 18.5. The molecule has 2 aliphatic heterocycles. The van der Waals surface area contributed by atoms with E-state index in [1.54, 1.807) is 24.0 Å². The maximum Gasteiger partial charge on any atom is 0.246 e. The number of hydrogen-bond acceptors (Lipinski definition) is 4. The van der Waals surface area contributed by atoms with E-state index in [9.17, 15) is 9.59 Å². The van der Waals surface area contributed by atoms with Crippen molar-refractivity contribution in [3.63, 3.8) is 0 Å². The Morgan fingerprint density at radius 3 is 2.20 bits per heavy atom. The first-order chi connectivity index (χ1) is 11.9. The number of carbonyl (C=O) groups excluding carboxylic acids is 2. The van der Waals surface area contributed by atoms with Crippen molar-refractivity contribution >= 4 is 43.7 Å². The Hall–Kier alpha value is -1.28. The molecule has 0 spiro atoms. The number of hydrogen-bond donors (Lipinski definition) is 0. The minimum Gasteiger partial charge on any atom is -0.495 e. The predicted octanol–water partition coefficient (Wildman–Crippen LogP) is 2.73. The number of fused-ring (bicyclic) bond motifs is 2. The van der Waals surface area contributed by atoms with Gasteiger partial charge in [0.05, 0.1) is 36.3 Å². The monoisotopic (exact) mass is 474 g/mol. The van der Waals surface area contributed by atoms with Crippen molar-refractivity contribution in [1.82, 2.24) is 9.80 Å². The van der Waals surface area contributed by atoms with Crippen molar-refractivity contribution < 1.29 is 19.1 Å². The number of amides is 2. The molecule has 0 aromatic heterocycles. The quantitative estimate of drug-likeness (QED) is 0.671. The number of benzene rings is 1. The molecule has 0 saturated carbocycles. The number of nitrogens with zero attached hydrogens (tertiary/aromatic N) is 2. The largest absolute Gasteiger partial charge is 0.495 e. The van der Waals surface area contributed by atoms with Gasteiger partial charge in [0.1, 0.15) is 17.5 Å². The second-order valence-corrected chi connectivity index (χ2v) is 7.74. The summed E-state index contributed by atoms with van der Waals surface area (Å²) in [6.45, 7) is 3.10. The summed E-state index contributed by atoms with van der Waals surface area (Å²) in [6.07, 6.45) is 1.25. The highest BCUT2D eigenvalue weighted by atomic mass is 79.9. The Morgan fingerprint density at radius 2 is 1.64 bits per heavy atom. The van der Waals surface area contributed by atoms with Gasteiger partial charge < -0.3 is 19.3 Å². The number of ether oxygens (including phenoxy) is 2. The lowest BCUT2D eigenvalue weighted by atomic mass is 9.90. The average Bonchev–Trinajstić information content (AvgIpc) is 2.60. The number of rotatable bonds is 4. The summed E-state index contributed by atoms with van der Waals surface area (Å²) in [6, 6.07) is -0.480. The Balaban J connectivity index is 2.10. The lowest BCUT2D eigenvalue weighted by Crippen LogP contribution is -2.61. The third-order valence-corrected chi connectivity index (χ3v) is 6.80. The van der Waals surface area contributed by atoms with Crippen molar-refractivity contribution in [2.24, 2.45) is 0 Å². The van der Waals surface area contributed by atoms with Crippen LogP contribution in [0.25, 0.3) is 0 Å². The topological polar surface area (TPSA) is 59.1 Å². The van der Waals surface area contributed by atoms with Crippen molar-refractivity contribution in [1.29, 1.82) is 0 Å². The summed E-state index contributed by atoms with van der Waals surface area (Å²) in [4.78, 5) is 28.8. The van der Waals surface area contributed by atoms with Gasteiger partial charge in [-0.25, -0.2) is 0 Å². The van der Waals surface area contributed by atoms with Gasteiger partial charge in [0.15, 0.2) is 0 Å². The molecule has 2 heterocycles. The molecule has 1 aromatic rings. The summed E-state index contributed by atoms with van der Waals surface area (Å²) in [7, 11) is 3.19. The molecule has 1 fully saturated rings. The van der Waals surface area contributed by atoms with Crippen LogP contribution in [0.3, 0.4) is 0 Å². The highest BCUT2D eigenvalue weighted by molar-refractivity contribution is 9.13. The molecule has 3 rings (SSSR count). The molecular weight excluding hydrogens is 456 g/mol. The van der Waals surface area contributed by atoms with Crippen molar-refractivity contribution in [3.8, 4) is 11.5 Å². The lowest BCUT2D eigenvalue weighted by Gasteiger charge is -2.44. The highest BCUT2D eigenvalue weighted by Gasteiger charge is 2.44. The van der Waals surface area contributed by atoms with E-state index in [4.69, 9.17) is 9.47 Å². The molecule has 0 N–H and O–H groups in total. The SMILES string of the molecule is CCCN1CC(=O)N2Cc3c(c(OC)c(Br)c(Br)c3OC)CC2C1=O. The van der Waals surface area contributed by atoms with Crippen LogP contribution in [0.2, 0.25) is 0 Å². The van der Waals surface area contributed by atoms with Crippen LogP contribution >= 0.6 is 31.9 Å². The fourth-order valence-corrected chi connectivity index (χ4v) is 4.78. The molecule has 0 bridgehead atoms. The van der Waals surface area contributed by atoms with E-state index in [1.807, 2.05) is 6.92 Å². The zero-order valence-electron chi connectivity index (χ0n) is 14.4. The van der Waals surface area contributed by atoms with Crippen molar-refractivity contribution in [2.45, 2.75) is 32.4 Å². The van der Waals surface area contributed by atoms with E-state index in [0.29, 0.717) is 31.0 Å². The third-order valence-electron chi connectivity index (χ3n) is 4.75. The van der Waals surface area contributed by atoms with Crippen molar-refractivity contribution in [3.05, 3.63) is 20.1 Å². The summed E-state index contributed by atoms with van der Waals surface area (Å²) in [5, 5.41) is 0. The molecule has 0 radical (unpaired) electrons. The summed E-state index contributed by atoms with van der Waals surface area (Å²) < 4.78 is 12.6. The summed E-state index contributed by atoms with van der Waals surface area (Å²) in [5.41, 5.74) is 1.80. The lowest BCUT2D eigenvalue weighted by molar-refractivity contribution is -0.157. The van der Waals surface area contributed by atoms with Crippen LogP contribution in [-0.4, -0.2) is 55.0 Å². The minimum atomic E-state index is -0.480. The fourth-order valence-electron chi connectivity index (χ4n) is 3.62. The smallest absolute Gasteiger partial charge is 0.246 e. The van der Waals surface area contributed by atoms with E-state index < -0.39 is 6.04 Å². The van der Waals surface area contributed by atoms with Crippen LogP contribution in [0.15, 0.2) is 8.95 Å². The van der Waals surface area contributed by atoms with E-state index in [-0.39, 0.29) is 18.4 Å². The predicted molar refractivity (Wildman–Crippen MR) is 99.9 cm³/mol. The summed E-state index contributed by atoms with van der Waals surface area (Å²) in [5.74, 6) is 1.32. The third kappa shape index (κ3) is 2.93. The standard InChI is InChI=1S/C17H20Br2N2O4/c1-4-5-20-8-12(22)21-7-10-9(6-11(21)17(20)23)15(24-2)13(18)14(19)16(10)25-3/h11H,4-8H2,1-3H3. The van der Waals surface area contributed by atoms with Crippen LogP contribution in [0.4, 0.5) is 0 Å². The first-order valence-electron chi connectivity index (χ1n) is 8.13. The second-order valence-electron chi connectivity index (χ2n) is 6.15. The van der Waals surface area contributed by atoms with Gasteiger partial charge in [-0.05, 0) is 38.3 Å². The molecule has 1 aromatic carbocycles. The fraction of sp³-hybridized carbons (Fsp3) is 0.529. The van der Waals surface area contributed by atoms with Gasteiger partial charge >= 0.3 is 0 Å². The molecule has 2 amide bonds. The molecule has 1 saturated heterocycles. The van der Waals surface area contributed by atoms with Crippen LogP contribution in [-0.2, 0) is 22.6 Å². The molecule has 1 unspecified atom stereocenters. The second kappa shape index (κ2) is 7.15. The number of halogens is 2. The van der Waals surface area contributed by atoms with Crippen molar-refractivity contribution in [2.75, 3.05) is 27.3 Å². The van der Waals surface area contributed by atoms with Gasteiger partial charge in [0, 0.05) is 24.1 Å². The Labute approximate surface area is 163 Å². The number of piperazine rings is 1. The van der Waals surface area contributed by atoms with E-state index >= 15 is 0 Å². The van der Waals surface area contributed by atoms with E-state index in [0.717, 1.165) is 26.5 Å². The maximum absolute atomic E-state index is 12.8. The highest BCUT2D eigenvalue weighted by Crippen LogP contribution is 2.48. The number of carbonyl (C=O) groups is 2. The van der Waals surface area contributed by atoms with Gasteiger partial charge in [-0.3, -0.25) is 9.59 Å².